The maximum absolute atomic E-state index is 10.4. The molecule has 3 nitrogen and oxygen atoms in total. The molecule has 1 aromatic heterocycles. The van der Waals surface area contributed by atoms with E-state index in [1.54, 1.807) is 36.7 Å². The molecular formula is C17H12Cl2N2O. The highest BCUT2D eigenvalue weighted by Crippen LogP contribution is 2.28. The number of benzene rings is 2. The minimum absolute atomic E-state index is 0.511. The van der Waals surface area contributed by atoms with E-state index in [-0.39, 0.29) is 0 Å². The smallest absolute Gasteiger partial charge is 0.159 e. The number of hydrogen-bond donors (Lipinski definition) is 1. The van der Waals surface area contributed by atoms with Gasteiger partial charge in [-0.05, 0) is 30.3 Å². The van der Waals surface area contributed by atoms with Crippen LogP contribution in [0.5, 0.6) is 0 Å². The summed E-state index contributed by atoms with van der Waals surface area (Å²) in [5.41, 5.74) is 2.08. The van der Waals surface area contributed by atoms with E-state index in [0.29, 0.717) is 27.0 Å². The fourth-order valence-electron chi connectivity index (χ4n) is 2.10. The zero-order valence-electron chi connectivity index (χ0n) is 11.4. The van der Waals surface area contributed by atoms with Crippen molar-refractivity contribution in [2.75, 3.05) is 0 Å². The number of aliphatic hydroxyl groups is 1. The highest BCUT2D eigenvalue weighted by Gasteiger charge is 2.14. The van der Waals surface area contributed by atoms with Crippen molar-refractivity contribution in [1.29, 1.82) is 0 Å². The lowest BCUT2D eigenvalue weighted by atomic mass is 10.0. The number of aromatic nitrogens is 2. The fourth-order valence-corrected chi connectivity index (χ4v) is 2.47. The van der Waals surface area contributed by atoms with Crippen LogP contribution in [-0.2, 0) is 0 Å². The largest absolute Gasteiger partial charge is 0.383 e. The normalized spacial score (nSPS) is 12.1. The van der Waals surface area contributed by atoms with Crippen LogP contribution in [0.4, 0.5) is 0 Å². The van der Waals surface area contributed by atoms with Crippen molar-refractivity contribution in [3.05, 3.63) is 82.1 Å². The van der Waals surface area contributed by atoms with E-state index in [0.717, 1.165) is 5.56 Å². The zero-order valence-corrected chi connectivity index (χ0v) is 13.0. The van der Waals surface area contributed by atoms with Gasteiger partial charge in [0.15, 0.2) is 5.82 Å². The summed E-state index contributed by atoms with van der Waals surface area (Å²) in [6.45, 7) is 0. The van der Waals surface area contributed by atoms with Crippen LogP contribution < -0.4 is 0 Å². The summed E-state index contributed by atoms with van der Waals surface area (Å²) in [5, 5.41) is 11.6. The Bertz CT molecular complexity index is 773. The standard InChI is InChI=1S/C17H12Cl2N2O/c18-13-7-5-11(6-8-13)17-20-9-12(10-21-17)16(22)14-3-1-2-4-15(14)19/h1-10,16,22H. The predicted molar refractivity (Wildman–Crippen MR) is 88.0 cm³/mol. The summed E-state index contributed by atoms with van der Waals surface area (Å²) in [5.74, 6) is 0.576. The van der Waals surface area contributed by atoms with Crippen molar-refractivity contribution in [2.45, 2.75) is 6.10 Å². The molecule has 0 aliphatic rings. The van der Waals surface area contributed by atoms with Gasteiger partial charge in [-0.3, -0.25) is 0 Å². The fraction of sp³-hybridized carbons (Fsp3) is 0.0588. The molecule has 110 valence electrons. The van der Waals surface area contributed by atoms with Crippen LogP contribution in [0.3, 0.4) is 0 Å². The van der Waals surface area contributed by atoms with E-state index in [2.05, 4.69) is 9.97 Å². The van der Waals surface area contributed by atoms with Gasteiger partial charge in [0.1, 0.15) is 6.10 Å². The molecule has 0 aliphatic carbocycles. The second-order valence-electron chi connectivity index (χ2n) is 4.77. The average Bonchev–Trinajstić information content (AvgIpc) is 2.56. The molecule has 3 rings (SSSR count). The first-order valence-electron chi connectivity index (χ1n) is 6.65. The molecule has 0 saturated heterocycles. The molecule has 1 atom stereocenters. The Kier molecular flexibility index (Phi) is 4.39. The third kappa shape index (κ3) is 3.12. The maximum Gasteiger partial charge on any atom is 0.159 e. The molecule has 0 bridgehead atoms. The Morgan fingerprint density at radius 2 is 1.50 bits per heavy atom. The van der Waals surface area contributed by atoms with Crippen LogP contribution >= 0.6 is 23.2 Å². The molecule has 0 saturated carbocycles. The molecule has 22 heavy (non-hydrogen) atoms. The van der Waals surface area contributed by atoms with Crippen LogP contribution in [0.1, 0.15) is 17.2 Å². The summed E-state index contributed by atoms with van der Waals surface area (Å²) >= 11 is 12.0. The highest BCUT2D eigenvalue weighted by atomic mass is 35.5. The summed E-state index contributed by atoms with van der Waals surface area (Å²) in [6, 6.07) is 14.4. The van der Waals surface area contributed by atoms with E-state index >= 15 is 0 Å². The number of hydrogen-bond acceptors (Lipinski definition) is 3. The topological polar surface area (TPSA) is 46.0 Å². The SMILES string of the molecule is OC(c1cnc(-c2ccc(Cl)cc2)nc1)c1ccccc1Cl. The third-order valence-corrected chi connectivity index (χ3v) is 3.89. The van der Waals surface area contributed by atoms with Gasteiger partial charge >= 0.3 is 0 Å². The van der Waals surface area contributed by atoms with Crippen molar-refractivity contribution < 1.29 is 5.11 Å². The first-order chi connectivity index (χ1) is 10.6. The summed E-state index contributed by atoms with van der Waals surface area (Å²) < 4.78 is 0. The highest BCUT2D eigenvalue weighted by molar-refractivity contribution is 6.31. The molecule has 0 spiro atoms. The van der Waals surface area contributed by atoms with Gasteiger partial charge < -0.3 is 5.11 Å². The molecule has 0 aliphatic heterocycles. The molecule has 0 amide bonds. The lowest BCUT2D eigenvalue weighted by molar-refractivity contribution is 0.219. The maximum atomic E-state index is 10.4. The molecule has 0 radical (unpaired) electrons. The van der Waals surface area contributed by atoms with Crippen molar-refractivity contribution in [1.82, 2.24) is 9.97 Å². The van der Waals surface area contributed by atoms with E-state index < -0.39 is 6.10 Å². The van der Waals surface area contributed by atoms with Gasteiger partial charge in [0.25, 0.3) is 0 Å². The molecule has 2 aromatic carbocycles. The Balaban J connectivity index is 1.88. The predicted octanol–water partition coefficient (Wildman–Crippen LogP) is 4.53. The quantitative estimate of drug-likeness (QED) is 0.767. The summed E-state index contributed by atoms with van der Waals surface area (Å²) in [7, 11) is 0. The number of rotatable bonds is 3. The van der Waals surface area contributed by atoms with Gasteiger partial charge in [0.05, 0.1) is 0 Å². The van der Waals surface area contributed by atoms with Crippen molar-refractivity contribution >= 4 is 23.2 Å². The van der Waals surface area contributed by atoms with Crippen LogP contribution in [0.25, 0.3) is 11.4 Å². The van der Waals surface area contributed by atoms with E-state index in [4.69, 9.17) is 23.2 Å². The van der Waals surface area contributed by atoms with Crippen LogP contribution in [0.2, 0.25) is 10.0 Å². The van der Waals surface area contributed by atoms with Crippen molar-refractivity contribution in [2.24, 2.45) is 0 Å². The molecule has 3 aromatic rings. The van der Waals surface area contributed by atoms with Crippen molar-refractivity contribution in [3.63, 3.8) is 0 Å². The van der Waals surface area contributed by atoms with Gasteiger partial charge in [-0.2, -0.15) is 0 Å². The lowest BCUT2D eigenvalue weighted by Crippen LogP contribution is -2.02. The Morgan fingerprint density at radius 1 is 0.864 bits per heavy atom. The van der Waals surface area contributed by atoms with Crippen LogP contribution in [-0.4, -0.2) is 15.1 Å². The van der Waals surface area contributed by atoms with E-state index in [9.17, 15) is 5.11 Å². The van der Waals surface area contributed by atoms with E-state index in [1.807, 2.05) is 24.3 Å². The van der Waals surface area contributed by atoms with Gasteiger partial charge in [-0.1, -0.05) is 41.4 Å². The number of aliphatic hydroxyl groups excluding tert-OH is 1. The molecule has 1 N–H and O–H groups in total. The molecule has 5 heteroatoms. The Labute approximate surface area is 138 Å². The van der Waals surface area contributed by atoms with E-state index in [1.165, 1.54) is 0 Å². The summed E-state index contributed by atoms with van der Waals surface area (Å²) in [4.78, 5) is 8.60. The monoisotopic (exact) mass is 330 g/mol. The average molecular weight is 331 g/mol. The molecule has 1 heterocycles. The third-order valence-electron chi connectivity index (χ3n) is 3.29. The van der Waals surface area contributed by atoms with Crippen molar-refractivity contribution in [3.8, 4) is 11.4 Å². The minimum atomic E-state index is -0.854. The molecule has 1 unspecified atom stereocenters. The minimum Gasteiger partial charge on any atom is -0.383 e. The van der Waals surface area contributed by atoms with Gasteiger partial charge in [0, 0.05) is 39.1 Å². The second kappa shape index (κ2) is 6.44. The Hall–Kier alpha value is -1.94. The van der Waals surface area contributed by atoms with Gasteiger partial charge in [-0.25, -0.2) is 9.97 Å². The summed E-state index contributed by atoms with van der Waals surface area (Å²) in [6.07, 6.45) is 2.35. The first-order valence-corrected chi connectivity index (χ1v) is 7.41. The van der Waals surface area contributed by atoms with Crippen LogP contribution in [0.15, 0.2) is 60.9 Å². The zero-order chi connectivity index (χ0) is 15.5. The molecule has 0 fully saturated rings. The second-order valence-corrected chi connectivity index (χ2v) is 5.61. The molecular weight excluding hydrogens is 319 g/mol. The lowest BCUT2D eigenvalue weighted by Gasteiger charge is -2.12. The van der Waals surface area contributed by atoms with Gasteiger partial charge in [0.2, 0.25) is 0 Å². The Morgan fingerprint density at radius 3 is 2.14 bits per heavy atom. The van der Waals surface area contributed by atoms with Gasteiger partial charge in [-0.15, -0.1) is 0 Å². The first kappa shape index (κ1) is 15.0. The number of nitrogens with zero attached hydrogens (tertiary/aromatic N) is 2. The van der Waals surface area contributed by atoms with Crippen LogP contribution in [0, 0.1) is 0 Å². The number of halogens is 2.